The van der Waals surface area contributed by atoms with Crippen LogP contribution in [0, 0.1) is 12.3 Å². The molecular formula is C32H35F2N5O7S. The summed E-state index contributed by atoms with van der Waals surface area (Å²) in [5, 5.41) is 18.4. The number of aryl methyl sites for hydroxylation is 2. The molecule has 2 aliphatic heterocycles. The summed E-state index contributed by atoms with van der Waals surface area (Å²) in [5.41, 5.74) is 0.500. The predicted molar refractivity (Wildman–Crippen MR) is 165 cm³/mol. The fourth-order valence-electron chi connectivity index (χ4n) is 6.48. The first-order chi connectivity index (χ1) is 22.2. The van der Waals surface area contributed by atoms with E-state index in [0.717, 1.165) is 5.56 Å². The lowest BCUT2D eigenvalue weighted by molar-refractivity contribution is -0.147. The number of alkyl halides is 2. The van der Waals surface area contributed by atoms with Crippen LogP contribution in [0.4, 0.5) is 8.78 Å². The number of nitrogens with zero attached hydrogens (tertiary/aromatic N) is 5. The smallest absolute Gasteiger partial charge is 0.387 e. The Morgan fingerprint density at radius 2 is 1.89 bits per heavy atom. The molecule has 2 aromatic carbocycles. The average molecular weight is 672 g/mol. The molecule has 47 heavy (non-hydrogen) atoms. The highest BCUT2D eigenvalue weighted by atomic mass is 32.2. The molecule has 0 aliphatic carbocycles. The lowest BCUT2D eigenvalue weighted by Crippen LogP contribution is -2.50. The van der Waals surface area contributed by atoms with Gasteiger partial charge < -0.3 is 19.3 Å². The van der Waals surface area contributed by atoms with E-state index in [1.807, 2.05) is 6.92 Å². The Balaban J connectivity index is 1.46. The molecule has 1 atom stereocenters. The summed E-state index contributed by atoms with van der Waals surface area (Å²) in [6.07, 6.45) is 2.43. The summed E-state index contributed by atoms with van der Waals surface area (Å²) in [6.45, 7) is 2.63. The summed E-state index contributed by atoms with van der Waals surface area (Å²) in [7, 11) is -2.53. The second kappa shape index (κ2) is 12.1. The van der Waals surface area contributed by atoms with Crippen molar-refractivity contribution in [1.82, 2.24) is 24.3 Å². The van der Waals surface area contributed by atoms with Crippen molar-refractivity contribution in [3.8, 4) is 11.6 Å². The SMILES string of the molecule is Cc1ccc([C@H](c2cc(OC(F)F)c3c(c2)nnn3C)C(C)(C)C(=O)O)cc1CN1CC2(CCOCC2)Oc2ncccc2S1(=O)=O. The van der Waals surface area contributed by atoms with Crippen molar-refractivity contribution >= 4 is 27.0 Å². The Morgan fingerprint density at radius 3 is 2.60 bits per heavy atom. The van der Waals surface area contributed by atoms with Crippen molar-refractivity contribution in [3.05, 3.63) is 70.9 Å². The van der Waals surface area contributed by atoms with E-state index < -0.39 is 39.5 Å². The monoisotopic (exact) mass is 671 g/mol. The number of benzene rings is 2. The molecule has 2 aromatic heterocycles. The molecule has 0 radical (unpaired) electrons. The normalized spacial score (nSPS) is 18.4. The van der Waals surface area contributed by atoms with Gasteiger partial charge in [0, 0.05) is 38.5 Å². The third kappa shape index (κ3) is 6.03. The van der Waals surface area contributed by atoms with Crippen LogP contribution in [0.3, 0.4) is 0 Å². The third-order valence-electron chi connectivity index (χ3n) is 9.10. The Hall–Kier alpha value is -4.21. The molecule has 1 saturated heterocycles. The number of hydrogen-bond donors (Lipinski definition) is 1. The molecule has 0 amide bonds. The summed E-state index contributed by atoms with van der Waals surface area (Å²) < 4.78 is 74.7. The van der Waals surface area contributed by atoms with Crippen LogP contribution >= 0.6 is 0 Å². The van der Waals surface area contributed by atoms with E-state index in [1.165, 1.54) is 27.3 Å². The number of carboxylic acids is 1. The second-order valence-corrected chi connectivity index (χ2v) is 14.5. The van der Waals surface area contributed by atoms with E-state index in [0.29, 0.717) is 42.7 Å². The highest BCUT2D eigenvalue weighted by molar-refractivity contribution is 7.89. The number of carboxylic acid groups (broad SMARTS) is 1. The molecule has 0 bridgehead atoms. The summed E-state index contributed by atoms with van der Waals surface area (Å²) in [5.74, 6) is -2.16. The van der Waals surface area contributed by atoms with Crippen LogP contribution in [0.1, 0.15) is 54.9 Å². The van der Waals surface area contributed by atoms with Gasteiger partial charge in [0.1, 0.15) is 21.5 Å². The summed E-state index contributed by atoms with van der Waals surface area (Å²) in [6, 6.07) is 11.4. The number of carbonyl (C=O) groups is 1. The number of rotatable bonds is 8. The van der Waals surface area contributed by atoms with E-state index >= 15 is 0 Å². The zero-order valence-corrected chi connectivity index (χ0v) is 27.1. The largest absolute Gasteiger partial charge is 0.481 e. The summed E-state index contributed by atoms with van der Waals surface area (Å²) >= 11 is 0. The molecule has 4 heterocycles. The Morgan fingerprint density at radius 1 is 1.15 bits per heavy atom. The second-order valence-electron chi connectivity index (χ2n) is 12.6. The van der Waals surface area contributed by atoms with Gasteiger partial charge in [-0.15, -0.1) is 5.10 Å². The zero-order chi connectivity index (χ0) is 33.7. The maximum atomic E-state index is 14.1. The number of pyridine rings is 1. The zero-order valence-electron chi connectivity index (χ0n) is 26.3. The first-order valence-electron chi connectivity index (χ1n) is 15.0. The number of sulfonamides is 1. The van der Waals surface area contributed by atoms with Gasteiger partial charge in [0.2, 0.25) is 15.9 Å². The van der Waals surface area contributed by atoms with Crippen molar-refractivity contribution in [2.75, 3.05) is 19.8 Å². The number of hydrogen-bond acceptors (Lipinski definition) is 9. The fraction of sp³-hybridized carbons (Fsp3) is 0.438. The van der Waals surface area contributed by atoms with Crippen molar-refractivity contribution in [2.45, 2.75) is 63.2 Å². The number of aliphatic carboxylic acids is 1. The standard InChI is InChI=1S/C32H35F2N5O7S/c1-19-7-8-20(26(31(2,3)29(40)41)21-15-23-27(38(4)37-36-23)24(16-21)45-30(33)34)14-22(19)17-39-18-32(9-12-44-13-10-32)46-28-25(47(39,42)43)6-5-11-35-28/h5-8,11,14-16,26,30H,9-10,12-13,17-18H2,1-4H3,(H,40,41)/t26-/m1/s1. The van der Waals surface area contributed by atoms with Crippen LogP contribution in [0.15, 0.2) is 53.6 Å². The molecule has 1 N–H and O–H groups in total. The number of ether oxygens (including phenoxy) is 3. The van der Waals surface area contributed by atoms with Crippen molar-refractivity contribution in [2.24, 2.45) is 12.5 Å². The quantitative estimate of drug-likeness (QED) is 0.281. The molecule has 4 aromatic rings. The van der Waals surface area contributed by atoms with Gasteiger partial charge in [0.05, 0.1) is 25.2 Å². The molecular weight excluding hydrogens is 636 g/mol. The van der Waals surface area contributed by atoms with Gasteiger partial charge >= 0.3 is 12.6 Å². The van der Waals surface area contributed by atoms with E-state index in [-0.39, 0.29) is 40.6 Å². The maximum Gasteiger partial charge on any atom is 0.387 e. The molecule has 0 unspecified atom stereocenters. The number of halogens is 2. The molecule has 0 saturated carbocycles. The lowest BCUT2D eigenvalue weighted by atomic mass is 9.70. The fourth-order valence-corrected chi connectivity index (χ4v) is 8.04. The molecule has 250 valence electrons. The van der Waals surface area contributed by atoms with Gasteiger partial charge in [-0.05, 0) is 67.3 Å². The molecule has 1 fully saturated rings. The van der Waals surface area contributed by atoms with Crippen LogP contribution in [0.2, 0.25) is 0 Å². The van der Waals surface area contributed by atoms with Crippen LogP contribution in [0.25, 0.3) is 11.0 Å². The first kappa shape index (κ1) is 32.7. The molecule has 15 heteroatoms. The number of fused-ring (bicyclic) bond motifs is 2. The van der Waals surface area contributed by atoms with E-state index in [2.05, 4.69) is 15.3 Å². The van der Waals surface area contributed by atoms with E-state index in [9.17, 15) is 27.1 Å². The topological polar surface area (TPSA) is 146 Å². The van der Waals surface area contributed by atoms with Gasteiger partial charge in [0.25, 0.3) is 0 Å². The highest BCUT2D eigenvalue weighted by Gasteiger charge is 2.46. The van der Waals surface area contributed by atoms with Gasteiger partial charge in [-0.3, -0.25) is 4.79 Å². The van der Waals surface area contributed by atoms with Crippen LogP contribution in [-0.4, -0.2) is 75.7 Å². The third-order valence-corrected chi connectivity index (χ3v) is 10.9. The van der Waals surface area contributed by atoms with Crippen molar-refractivity contribution in [1.29, 1.82) is 0 Å². The van der Waals surface area contributed by atoms with Crippen LogP contribution in [-0.2, 0) is 33.1 Å². The van der Waals surface area contributed by atoms with Crippen LogP contribution in [0.5, 0.6) is 11.6 Å². The summed E-state index contributed by atoms with van der Waals surface area (Å²) in [4.78, 5) is 16.9. The van der Waals surface area contributed by atoms with Crippen molar-refractivity contribution < 1.29 is 41.3 Å². The molecule has 2 aliphatic rings. The molecule has 12 nitrogen and oxygen atoms in total. The van der Waals surface area contributed by atoms with E-state index in [4.69, 9.17) is 14.2 Å². The Labute approximate surface area is 270 Å². The van der Waals surface area contributed by atoms with Crippen LogP contribution < -0.4 is 9.47 Å². The Kier molecular flexibility index (Phi) is 8.43. The van der Waals surface area contributed by atoms with Gasteiger partial charge in [0.15, 0.2) is 5.75 Å². The van der Waals surface area contributed by atoms with Crippen molar-refractivity contribution in [3.63, 3.8) is 0 Å². The predicted octanol–water partition coefficient (Wildman–Crippen LogP) is 4.65. The molecule has 6 rings (SSSR count). The minimum absolute atomic E-state index is 0.0362. The van der Waals surface area contributed by atoms with Gasteiger partial charge in [-0.1, -0.05) is 23.4 Å². The minimum Gasteiger partial charge on any atom is -0.481 e. The molecule has 1 spiro atoms. The van der Waals surface area contributed by atoms with E-state index in [1.54, 1.807) is 51.2 Å². The number of aromatic nitrogens is 4. The first-order valence-corrected chi connectivity index (χ1v) is 16.5. The minimum atomic E-state index is -4.07. The average Bonchev–Trinajstić information content (AvgIpc) is 3.35. The Bertz CT molecular complexity index is 1940. The van der Waals surface area contributed by atoms with Gasteiger partial charge in [-0.2, -0.15) is 13.1 Å². The van der Waals surface area contributed by atoms with Gasteiger partial charge in [-0.25, -0.2) is 18.1 Å². The lowest BCUT2D eigenvalue weighted by Gasteiger charge is -2.38. The highest BCUT2D eigenvalue weighted by Crippen LogP contribution is 2.45. The maximum absolute atomic E-state index is 14.1.